The molecule has 8 aromatic carbocycles. The summed E-state index contributed by atoms with van der Waals surface area (Å²) in [6.07, 6.45) is 0. The number of hydrogen-bond donors (Lipinski definition) is 0. The lowest BCUT2D eigenvalue weighted by Gasteiger charge is -2.15. The number of pyridine rings is 1. The van der Waals surface area contributed by atoms with Gasteiger partial charge in [-0.3, -0.25) is 4.57 Å². The van der Waals surface area contributed by atoms with Gasteiger partial charge in [0.05, 0.1) is 27.8 Å². The van der Waals surface area contributed by atoms with E-state index in [1.807, 2.05) is 0 Å². The van der Waals surface area contributed by atoms with E-state index in [1.165, 1.54) is 43.7 Å². The van der Waals surface area contributed by atoms with E-state index >= 15 is 0 Å². The second kappa shape index (κ2) is 13.1. The molecule has 0 bridgehead atoms. The highest BCUT2D eigenvalue weighted by atomic mass is 15.1. The van der Waals surface area contributed by atoms with Gasteiger partial charge in [0.2, 0.25) is 0 Å². The molecule has 0 saturated carbocycles. The zero-order valence-corrected chi connectivity index (χ0v) is 30.5. The molecule has 262 valence electrons. The van der Waals surface area contributed by atoms with Crippen molar-refractivity contribution in [2.75, 3.05) is 0 Å². The van der Waals surface area contributed by atoms with Gasteiger partial charge in [0.25, 0.3) is 0 Å². The van der Waals surface area contributed by atoms with E-state index < -0.39 is 0 Å². The summed E-state index contributed by atoms with van der Waals surface area (Å²) < 4.78 is 4.80. The molecule has 11 rings (SSSR count). The SMILES string of the molecule is c1ccc(-c2cccc(-n3c4ccccc4c4ccc(-c5cccc6c7ccccc7n(-c7cc(-c8ccccc8)cc(-c8ccccc8)n7)c56)cc43)c2)cc1. The quantitative estimate of drug-likeness (QED) is 0.168. The standard InChI is InChI=1S/C53H35N3/c1-4-16-36(17-5-1)39-22-14-23-42(32-39)55-49-28-12-10-24-44(49)46-31-30-40(34-51(46)55)43-26-15-27-47-45-25-11-13-29-50(45)56(53(43)47)52-35-41(37-18-6-2-7-19-37)33-48(54-52)38-20-8-3-9-21-38/h1-35H. The minimum absolute atomic E-state index is 0.886. The van der Waals surface area contributed by atoms with Gasteiger partial charge in [-0.1, -0.05) is 170 Å². The van der Waals surface area contributed by atoms with Gasteiger partial charge in [-0.25, -0.2) is 4.98 Å². The van der Waals surface area contributed by atoms with Gasteiger partial charge in [-0.05, 0) is 70.3 Å². The Hall–Kier alpha value is -7.49. The highest BCUT2D eigenvalue weighted by molar-refractivity contribution is 6.15. The minimum atomic E-state index is 0.886. The normalized spacial score (nSPS) is 11.6. The van der Waals surface area contributed by atoms with E-state index in [0.29, 0.717) is 0 Å². The monoisotopic (exact) mass is 713 g/mol. The number of aromatic nitrogens is 3. The summed E-state index contributed by atoms with van der Waals surface area (Å²) in [7, 11) is 0. The zero-order chi connectivity index (χ0) is 37.0. The van der Waals surface area contributed by atoms with Gasteiger partial charge in [-0.2, -0.15) is 0 Å². The van der Waals surface area contributed by atoms with Crippen LogP contribution in [0, 0.1) is 0 Å². The third-order valence-electron chi connectivity index (χ3n) is 11.1. The number of nitrogens with zero attached hydrogens (tertiary/aromatic N) is 3. The molecule has 3 heterocycles. The summed E-state index contributed by atoms with van der Waals surface area (Å²) in [6.45, 7) is 0. The fourth-order valence-electron chi connectivity index (χ4n) is 8.55. The largest absolute Gasteiger partial charge is 0.309 e. The summed E-state index contributed by atoms with van der Waals surface area (Å²) in [5.74, 6) is 0.886. The second-order valence-electron chi connectivity index (χ2n) is 14.4. The van der Waals surface area contributed by atoms with Crippen LogP contribution in [0.3, 0.4) is 0 Å². The molecule has 0 aliphatic rings. The topological polar surface area (TPSA) is 22.8 Å². The molecule has 0 aliphatic carbocycles. The van der Waals surface area contributed by atoms with Gasteiger partial charge in [0, 0.05) is 38.4 Å². The predicted molar refractivity (Wildman–Crippen MR) is 235 cm³/mol. The predicted octanol–water partition coefficient (Wildman–Crippen LogP) is 13.9. The van der Waals surface area contributed by atoms with Crippen molar-refractivity contribution >= 4 is 43.6 Å². The summed E-state index contributed by atoms with van der Waals surface area (Å²) >= 11 is 0. The first-order chi connectivity index (χ1) is 27.8. The van der Waals surface area contributed by atoms with Crippen LogP contribution >= 0.6 is 0 Å². The van der Waals surface area contributed by atoms with Crippen molar-refractivity contribution in [3.8, 4) is 56.1 Å². The fraction of sp³-hybridized carbons (Fsp3) is 0. The van der Waals surface area contributed by atoms with Gasteiger partial charge in [0.1, 0.15) is 5.82 Å². The van der Waals surface area contributed by atoms with Crippen molar-refractivity contribution in [3.05, 3.63) is 212 Å². The second-order valence-corrected chi connectivity index (χ2v) is 14.4. The maximum Gasteiger partial charge on any atom is 0.138 e. The lowest BCUT2D eigenvalue weighted by molar-refractivity contribution is 1.08. The number of hydrogen-bond acceptors (Lipinski definition) is 1. The number of benzene rings is 8. The third kappa shape index (κ3) is 5.25. The lowest BCUT2D eigenvalue weighted by atomic mass is 10.00. The molecule has 11 aromatic rings. The van der Waals surface area contributed by atoms with Crippen LogP contribution in [0.4, 0.5) is 0 Å². The molecule has 0 amide bonds. The van der Waals surface area contributed by atoms with Crippen LogP contribution in [0.1, 0.15) is 0 Å². The zero-order valence-electron chi connectivity index (χ0n) is 30.5. The molecule has 0 N–H and O–H groups in total. The van der Waals surface area contributed by atoms with E-state index in [9.17, 15) is 0 Å². The van der Waals surface area contributed by atoms with Crippen LogP contribution in [-0.2, 0) is 0 Å². The Morgan fingerprint density at radius 2 is 0.857 bits per heavy atom. The van der Waals surface area contributed by atoms with Gasteiger partial charge >= 0.3 is 0 Å². The van der Waals surface area contributed by atoms with E-state index in [0.717, 1.165) is 56.0 Å². The fourth-order valence-corrected chi connectivity index (χ4v) is 8.55. The molecule has 0 atom stereocenters. The maximum atomic E-state index is 5.43. The molecular formula is C53H35N3. The Morgan fingerprint density at radius 3 is 1.59 bits per heavy atom. The Bertz CT molecular complexity index is 3170. The number of fused-ring (bicyclic) bond motifs is 6. The first-order valence-corrected chi connectivity index (χ1v) is 19.1. The molecule has 3 aromatic heterocycles. The number of rotatable bonds is 6. The Labute approximate surface area is 325 Å². The average molecular weight is 714 g/mol. The molecule has 3 nitrogen and oxygen atoms in total. The van der Waals surface area contributed by atoms with Crippen molar-refractivity contribution in [2.24, 2.45) is 0 Å². The van der Waals surface area contributed by atoms with Crippen LogP contribution in [0.15, 0.2) is 212 Å². The molecule has 0 aliphatic heterocycles. The van der Waals surface area contributed by atoms with Gasteiger partial charge < -0.3 is 4.57 Å². The summed E-state index contributed by atoms with van der Waals surface area (Å²) in [5.41, 5.74) is 14.8. The first-order valence-electron chi connectivity index (χ1n) is 19.1. The highest BCUT2D eigenvalue weighted by Crippen LogP contribution is 2.41. The minimum Gasteiger partial charge on any atom is -0.309 e. The summed E-state index contributed by atoms with van der Waals surface area (Å²) in [6, 6.07) is 76.3. The average Bonchev–Trinajstić information content (AvgIpc) is 3.80. The molecule has 0 radical (unpaired) electrons. The first kappa shape index (κ1) is 32.0. The summed E-state index contributed by atoms with van der Waals surface area (Å²) in [4.78, 5) is 5.43. The Morgan fingerprint density at radius 1 is 0.304 bits per heavy atom. The Kier molecular flexibility index (Phi) is 7.49. The van der Waals surface area contributed by atoms with E-state index in [-0.39, 0.29) is 0 Å². The van der Waals surface area contributed by atoms with Gasteiger partial charge in [-0.15, -0.1) is 0 Å². The highest BCUT2D eigenvalue weighted by Gasteiger charge is 2.20. The lowest BCUT2D eigenvalue weighted by Crippen LogP contribution is -2.01. The van der Waals surface area contributed by atoms with Crippen LogP contribution in [0.2, 0.25) is 0 Å². The summed E-state index contributed by atoms with van der Waals surface area (Å²) in [5, 5.41) is 4.86. The molecule has 0 fully saturated rings. The van der Waals surface area contributed by atoms with Gasteiger partial charge in [0.15, 0.2) is 0 Å². The number of para-hydroxylation sites is 3. The molecule has 0 spiro atoms. The molecule has 0 unspecified atom stereocenters. The van der Waals surface area contributed by atoms with Crippen molar-refractivity contribution < 1.29 is 0 Å². The molecule has 0 saturated heterocycles. The Balaban J connectivity index is 1.18. The molecular weight excluding hydrogens is 679 g/mol. The van der Waals surface area contributed by atoms with Crippen LogP contribution < -0.4 is 0 Å². The van der Waals surface area contributed by atoms with E-state index in [2.05, 4.69) is 221 Å². The van der Waals surface area contributed by atoms with Crippen molar-refractivity contribution in [3.63, 3.8) is 0 Å². The molecule has 56 heavy (non-hydrogen) atoms. The van der Waals surface area contributed by atoms with Crippen molar-refractivity contribution in [1.82, 2.24) is 14.1 Å². The van der Waals surface area contributed by atoms with Crippen molar-refractivity contribution in [1.29, 1.82) is 0 Å². The van der Waals surface area contributed by atoms with Crippen LogP contribution in [0.25, 0.3) is 99.8 Å². The van der Waals surface area contributed by atoms with Crippen molar-refractivity contribution in [2.45, 2.75) is 0 Å². The smallest absolute Gasteiger partial charge is 0.138 e. The van der Waals surface area contributed by atoms with E-state index in [4.69, 9.17) is 4.98 Å². The van der Waals surface area contributed by atoms with Crippen LogP contribution in [0.5, 0.6) is 0 Å². The van der Waals surface area contributed by atoms with Crippen LogP contribution in [-0.4, -0.2) is 14.1 Å². The molecule has 3 heteroatoms. The van der Waals surface area contributed by atoms with E-state index in [1.54, 1.807) is 0 Å². The maximum absolute atomic E-state index is 5.43. The third-order valence-corrected chi connectivity index (χ3v) is 11.1.